The Hall–Kier alpha value is -10.3. The van der Waals surface area contributed by atoms with E-state index in [1.165, 1.54) is 24.8 Å². The summed E-state index contributed by atoms with van der Waals surface area (Å²) in [5, 5.41) is 13.5. The zero-order chi connectivity index (χ0) is 71.8. The Balaban J connectivity index is 0.783. The van der Waals surface area contributed by atoms with Gasteiger partial charge in [0.25, 0.3) is 0 Å². The fourth-order valence-corrected chi connectivity index (χ4v) is 19.4. The van der Waals surface area contributed by atoms with Crippen molar-refractivity contribution in [3.8, 4) is 0 Å². The highest BCUT2D eigenvalue weighted by Crippen LogP contribution is 2.66. The molecule has 105 heavy (non-hydrogen) atoms. The van der Waals surface area contributed by atoms with Gasteiger partial charge in [-0.25, -0.2) is 19.2 Å². The second-order valence-corrected chi connectivity index (χ2v) is 31.3. The lowest BCUT2D eigenvalue weighted by atomic mass is 9.50. The maximum absolute atomic E-state index is 16.0. The van der Waals surface area contributed by atoms with Crippen molar-refractivity contribution in [2.45, 2.75) is 130 Å². The predicted molar refractivity (Wildman–Crippen MR) is 419 cm³/mol. The Bertz CT molecular complexity index is 5570. The van der Waals surface area contributed by atoms with Crippen LogP contribution in [0.1, 0.15) is 134 Å². The third-order valence-electron chi connectivity index (χ3n) is 25.1. The highest BCUT2D eigenvalue weighted by Gasteiger charge is 2.59. The summed E-state index contributed by atoms with van der Waals surface area (Å²) in [7, 11) is 0. The standard InChI is InChI=1S/C95H88O10/c1-7-58(56(2)3)37-36-57(4)82-40-41-83-77-39-38-71-54-72(42-44-94(71,5)84(77)43-45-95(82,83)6)101-93-88(105-92(99)76-35-19-31-70-49-62-23-11-15-27-66(62)53-81(70)76)87(104-91(98)75-34-18-30-69-48-61-22-10-14-26-65(61)52-80(69)75)86(103-90(97)74-33-17-29-68-47-60-21-9-13-25-64(60)51-79(68)74)85(102-93)55-100-89(96)73-32-16-28-67-46-59-20-8-12-24-63(59)50-78(67)73/h8-39,46-53,56-58,72,82-88,93H,7,40-45,54-55H2,1-6H3/t57-,58-,72+,82-,83+,84+,85-,86-,87+,88-,93-,94+,95-/m1/s1. The molecule has 0 aromatic heterocycles. The lowest BCUT2D eigenvalue weighted by Crippen LogP contribution is -2.63. The first-order valence-corrected chi connectivity index (χ1v) is 37.9. The van der Waals surface area contributed by atoms with E-state index >= 15 is 19.2 Å². The molecule has 10 heteroatoms. The number of allylic oxidation sites excluding steroid dienone is 5. The minimum Gasteiger partial charge on any atom is -0.459 e. The Morgan fingerprint density at radius 3 is 1.34 bits per heavy atom. The van der Waals surface area contributed by atoms with Crippen molar-refractivity contribution in [2.75, 3.05) is 6.61 Å². The lowest BCUT2D eigenvalue weighted by molar-refractivity contribution is -0.310. The Kier molecular flexibility index (Phi) is 17.9. The molecule has 10 nitrogen and oxygen atoms in total. The predicted octanol–water partition coefficient (Wildman–Crippen LogP) is 22.2. The van der Waals surface area contributed by atoms with Crippen LogP contribution in [-0.2, 0) is 28.4 Å². The topological polar surface area (TPSA) is 124 Å². The second kappa shape index (κ2) is 27.7. The van der Waals surface area contributed by atoms with Crippen LogP contribution in [0.5, 0.6) is 0 Å². The summed E-state index contributed by atoms with van der Waals surface area (Å²) in [5.41, 5.74) is 3.97. The molecule has 4 aliphatic carbocycles. The van der Waals surface area contributed by atoms with E-state index in [-0.39, 0.29) is 27.5 Å². The average molecular weight is 1390 g/mol. The van der Waals surface area contributed by atoms with Crippen molar-refractivity contribution in [3.05, 3.63) is 276 Å². The second-order valence-electron chi connectivity index (χ2n) is 31.3. The van der Waals surface area contributed by atoms with Crippen LogP contribution in [0.25, 0.3) is 86.2 Å². The maximum Gasteiger partial charge on any atom is 0.339 e. The summed E-state index contributed by atoms with van der Waals surface area (Å²) in [6.07, 6.45) is 9.45. The third kappa shape index (κ3) is 12.4. The molecular formula is C95H88O10. The third-order valence-corrected chi connectivity index (χ3v) is 25.1. The summed E-state index contributed by atoms with van der Waals surface area (Å²) >= 11 is 0. The molecule has 528 valence electrons. The zero-order valence-corrected chi connectivity index (χ0v) is 60.5. The Morgan fingerprint density at radius 2 is 0.886 bits per heavy atom. The molecule has 0 unspecified atom stereocenters. The molecule has 12 aromatic carbocycles. The minimum absolute atomic E-state index is 0.141. The fraction of sp³-hybridized carbons (Fsp3) is 0.305. The molecule has 17 rings (SSSR count). The van der Waals surface area contributed by atoms with Crippen molar-refractivity contribution in [2.24, 2.45) is 46.3 Å². The summed E-state index contributed by atoms with van der Waals surface area (Å²) in [5.74, 6) is 0.206. The molecule has 5 aliphatic rings. The molecule has 0 amide bonds. The van der Waals surface area contributed by atoms with Gasteiger partial charge in [-0.2, -0.15) is 0 Å². The highest BCUT2D eigenvalue weighted by molar-refractivity contribution is 6.12. The smallest absolute Gasteiger partial charge is 0.339 e. The van der Waals surface area contributed by atoms with Gasteiger partial charge in [-0.1, -0.05) is 223 Å². The van der Waals surface area contributed by atoms with Gasteiger partial charge in [0.1, 0.15) is 12.7 Å². The number of hydrogen-bond donors (Lipinski definition) is 0. The van der Waals surface area contributed by atoms with Crippen LogP contribution < -0.4 is 0 Å². The number of carbonyl (C=O) groups excluding carboxylic acids is 4. The van der Waals surface area contributed by atoms with Crippen LogP contribution in [0.3, 0.4) is 0 Å². The fourth-order valence-electron chi connectivity index (χ4n) is 19.4. The quantitative estimate of drug-likeness (QED) is 0.0400. The van der Waals surface area contributed by atoms with Crippen LogP contribution in [-0.4, -0.2) is 67.3 Å². The number of rotatable bonds is 16. The highest BCUT2D eigenvalue weighted by atomic mass is 16.7. The first-order chi connectivity index (χ1) is 51.1. The summed E-state index contributed by atoms with van der Waals surface area (Å²) < 4.78 is 42.4. The van der Waals surface area contributed by atoms with Gasteiger partial charge in [-0.3, -0.25) is 0 Å². The van der Waals surface area contributed by atoms with E-state index in [4.69, 9.17) is 28.4 Å². The van der Waals surface area contributed by atoms with Gasteiger partial charge in [0.2, 0.25) is 0 Å². The van der Waals surface area contributed by atoms with Crippen LogP contribution in [0.2, 0.25) is 0 Å². The van der Waals surface area contributed by atoms with E-state index in [2.05, 4.69) is 71.9 Å². The van der Waals surface area contributed by atoms with E-state index in [9.17, 15) is 0 Å². The molecular weight excluding hydrogens is 1300 g/mol. The molecule has 1 saturated heterocycles. The minimum atomic E-state index is -1.67. The summed E-state index contributed by atoms with van der Waals surface area (Å²) in [6, 6.07) is 70.0. The van der Waals surface area contributed by atoms with Crippen molar-refractivity contribution in [1.82, 2.24) is 0 Å². The summed E-state index contributed by atoms with van der Waals surface area (Å²) in [4.78, 5) is 62.8. The summed E-state index contributed by atoms with van der Waals surface area (Å²) in [6.45, 7) is 14.0. The molecule has 0 N–H and O–H groups in total. The maximum atomic E-state index is 16.0. The van der Waals surface area contributed by atoms with Gasteiger partial charge in [0.05, 0.1) is 28.4 Å². The number of esters is 4. The molecule has 0 radical (unpaired) electrons. The monoisotopic (exact) mass is 1390 g/mol. The van der Waals surface area contributed by atoms with Gasteiger partial charge >= 0.3 is 23.9 Å². The van der Waals surface area contributed by atoms with Crippen LogP contribution in [0.4, 0.5) is 0 Å². The van der Waals surface area contributed by atoms with E-state index < -0.39 is 67.3 Å². The SMILES string of the molecule is CC[C@H](C=C[C@@H](C)[C@H]1CC[C@H]2C3=CC=C4C[C@@H](O[C@@H]5O[C@H](COC(=O)c6cccc7cc8ccccc8cc67)[C@@H](OC(=O)c6cccc7cc8ccccc8cc67)[C@H](OC(=O)c6cccc7cc8ccccc8cc67)[C@H]5OC(=O)c5cccc6cc7ccccc7cc56)CC[C@]4(C)[C@H]3CC[C@]12C)C(C)C. The molecule has 1 aliphatic heterocycles. The Labute approximate surface area is 613 Å². The van der Waals surface area contributed by atoms with Crippen LogP contribution >= 0.6 is 0 Å². The molecule has 0 spiro atoms. The van der Waals surface area contributed by atoms with Gasteiger partial charge in [-0.15, -0.1) is 0 Å². The van der Waals surface area contributed by atoms with Gasteiger partial charge in [0.15, 0.2) is 24.6 Å². The van der Waals surface area contributed by atoms with E-state index in [0.717, 1.165) is 83.9 Å². The number of benzene rings is 12. The van der Waals surface area contributed by atoms with Crippen molar-refractivity contribution in [1.29, 1.82) is 0 Å². The van der Waals surface area contributed by atoms with Gasteiger partial charge in [0, 0.05) is 0 Å². The first kappa shape index (κ1) is 67.9. The lowest BCUT2D eigenvalue weighted by Gasteiger charge is -2.55. The molecule has 13 atom stereocenters. The average Bonchev–Trinajstić information content (AvgIpc) is 1.67. The van der Waals surface area contributed by atoms with Gasteiger partial charge < -0.3 is 28.4 Å². The molecule has 0 bridgehead atoms. The molecule has 12 aromatic rings. The van der Waals surface area contributed by atoms with Gasteiger partial charge in [-0.05, 0) is 257 Å². The largest absolute Gasteiger partial charge is 0.459 e. The van der Waals surface area contributed by atoms with Crippen molar-refractivity contribution >= 4 is 110 Å². The number of carbonyl (C=O) groups is 4. The molecule has 1 heterocycles. The molecule has 3 saturated carbocycles. The normalized spacial score (nSPS) is 25.1. The molecule has 4 fully saturated rings. The van der Waals surface area contributed by atoms with E-state index in [0.29, 0.717) is 75.5 Å². The van der Waals surface area contributed by atoms with Crippen molar-refractivity contribution in [3.63, 3.8) is 0 Å². The van der Waals surface area contributed by atoms with E-state index in [1.54, 1.807) is 35.9 Å². The zero-order valence-electron chi connectivity index (χ0n) is 60.5. The first-order valence-electron chi connectivity index (χ1n) is 37.9. The Morgan fingerprint density at radius 1 is 0.457 bits per heavy atom. The van der Waals surface area contributed by atoms with Crippen LogP contribution in [0, 0.1) is 46.3 Å². The number of hydrogen-bond acceptors (Lipinski definition) is 10. The van der Waals surface area contributed by atoms with Crippen LogP contribution in [0.15, 0.2) is 254 Å². The van der Waals surface area contributed by atoms with Crippen molar-refractivity contribution < 1.29 is 47.6 Å². The number of fused-ring (bicyclic) bond motifs is 13. The number of ether oxygens (including phenoxy) is 6. The van der Waals surface area contributed by atoms with E-state index in [1.807, 2.05) is 182 Å².